The number of halogens is 1. The Morgan fingerprint density at radius 2 is 2.21 bits per heavy atom. The Labute approximate surface area is 93.2 Å². The Balaban J connectivity index is 2.79. The van der Waals surface area contributed by atoms with Crippen molar-refractivity contribution in [3.8, 4) is 0 Å². The molecule has 0 radical (unpaired) electrons. The summed E-state index contributed by atoms with van der Waals surface area (Å²) in [5.74, 6) is -2.35. The van der Waals surface area contributed by atoms with Crippen LogP contribution in [0.15, 0.2) is 16.6 Å². The lowest BCUT2D eigenvalue weighted by Gasteiger charge is -1.83. The van der Waals surface area contributed by atoms with E-state index < -0.39 is 11.8 Å². The van der Waals surface area contributed by atoms with Gasteiger partial charge in [-0.1, -0.05) is 0 Å². The molecule has 5 heteroatoms. The first-order valence-electron chi connectivity index (χ1n) is 3.72. The maximum atomic E-state index is 10.7. The Kier molecular flexibility index (Phi) is 3.60. The third-order valence-corrected chi connectivity index (χ3v) is 3.59. The number of aryl methyl sites for hydroxylation is 1. The van der Waals surface area contributed by atoms with Gasteiger partial charge in [0.15, 0.2) is 0 Å². The fourth-order valence-corrected chi connectivity index (χ4v) is 2.26. The summed E-state index contributed by atoms with van der Waals surface area (Å²) in [5.41, 5.74) is 0. The molecule has 1 aromatic rings. The molecule has 0 fully saturated rings. The van der Waals surface area contributed by atoms with E-state index in [0.29, 0.717) is 0 Å². The normalized spacial score (nSPS) is 10.7. The molecule has 0 aliphatic heterocycles. The highest BCUT2D eigenvalue weighted by atomic mass is 79.9. The van der Waals surface area contributed by atoms with E-state index in [1.807, 2.05) is 13.0 Å². The summed E-state index contributed by atoms with van der Waals surface area (Å²) in [5, 5.41) is 8.31. The van der Waals surface area contributed by atoms with Crippen LogP contribution in [0.1, 0.15) is 9.75 Å². The molecule has 0 saturated heterocycles. The highest BCUT2D eigenvalue weighted by Gasteiger charge is 2.06. The molecule has 0 atom stereocenters. The number of rotatable bonds is 3. The maximum absolute atomic E-state index is 10.7. The second-order valence-electron chi connectivity index (χ2n) is 2.56. The lowest BCUT2D eigenvalue weighted by Crippen LogP contribution is -2.08. The maximum Gasteiger partial charge on any atom is 0.376 e. The molecular formula is C9H7BrO3S. The highest BCUT2D eigenvalue weighted by Crippen LogP contribution is 2.27. The predicted molar refractivity (Wildman–Crippen MR) is 58.4 cm³/mol. The van der Waals surface area contributed by atoms with Gasteiger partial charge in [-0.05, 0) is 41.1 Å². The Bertz CT molecular complexity index is 387. The number of carboxylic acids is 1. The molecule has 14 heavy (non-hydrogen) atoms. The molecule has 1 aromatic heterocycles. The van der Waals surface area contributed by atoms with E-state index in [1.165, 1.54) is 17.4 Å². The van der Waals surface area contributed by atoms with Gasteiger partial charge in [0.1, 0.15) is 0 Å². The van der Waals surface area contributed by atoms with Crippen molar-refractivity contribution in [2.45, 2.75) is 6.92 Å². The number of thiophene rings is 1. The molecule has 0 unspecified atom stereocenters. The minimum Gasteiger partial charge on any atom is -0.475 e. The number of aliphatic carboxylic acids is 1. The summed E-state index contributed by atoms with van der Waals surface area (Å²) < 4.78 is 0.963. The average Bonchev–Trinajstić information content (AvgIpc) is 2.42. The first-order chi connectivity index (χ1) is 6.50. The standard InChI is InChI=1S/C9H7BrO3S/c1-5-7(10)4-6(14-5)2-3-8(11)9(12)13/h2-4H,1H3,(H,12,13)/b3-2+. The van der Waals surface area contributed by atoms with Gasteiger partial charge >= 0.3 is 5.97 Å². The summed E-state index contributed by atoms with van der Waals surface area (Å²) in [7, 11) is 0. The second kappa shape index (κ2) is 4.52. The lowest BCUT2D eigenvalue weighted by atomic mass is 10.3. The van der Waals surface area contributed by atoms with Crippen molar-refractivity contribution in [2.75, 3.05) is 0 Å². The van der Waals surface area contributed by atoms with Crippen LogP contribution < -0.4 is 0 Å². The Morgan fingerprint density at radius 1 is 1.57 bits per heavy atom. The zero-order valence-corrected chi connectivity index (χ0v) is 9.68. The third-order valence-electron chi connectivity index (χ3n) is 1.49. The van der Waals surface area contributed by atoms with Crippen LogP contribution in [0.5, 0.6) is 0 Å². The van der Waals surface area contributed by atoms with Gasteiger partial charge in [-0.3, -0.25) is 4.79 Å². The molecule has 0 spiro atoms. The predicted octanol–water partition coefficient (Wildman–Crippen LogP) is 2.49. The minimum absolute atomic E-state index is 0.851. The molecule has 1 rings (SSSR count). The fourth-order valence-electron chi connectivity index (χ4n) is 0.793. The molecule has 0 aromatic carbocycles. The SMILES string of the molecule is Cc1sc(/C=C/C(=O)C(=O)O)cc1Br. The van der Waals surface area contributed by atoms with E-state index in [9.17, 15) is 9.59 Å². The molecular weight excluding hydrogens is 268 g/mol. The summed E-state index contributed by atoms with van der Waals surface area (Å²) in [4.78, 5) is 22.8. The van der Waals surface area contributed by atoms with Crippen LogP contribution in [0.3, 0.4) is 0 Å². The van der Waals surface area contributed by atoms with Crippen molar-refractivity contribution in [3.05, 3.63) is 26.4 Å². The van der Waals surface area contributed by atoms with Gasteiger partial charge in [0.25, 0.3) is 5.78 Å². The molecule has 0 amide bonds. The molecule has 1 heterocycles. The van der Waals surface area contributed by atoms with E-state index in [-0.39, 0.29) is 0 Å². The number of carbonyl (C=O) groups is 2. The van der Waals surface area contributed by atoms with E-state index in [4.69, 9.17) is 5.11 Å². The van der Waals surface area contributed by atoms with Crippen LogP contribution in [0.2, 0.25) is 0 Å². The lowest BCUT2D eigenvalue weighted by molar-refractivity contribution is -0.146. The summed E-state index contributed by atoms with van der Waals surface area (Å²) in [6.45, 7) is 1.94. The van der Waals surface area contributed by atoms with E-state index in [0.717, 1.165) is 20.3 Å². The van der Waals surface area contributed by atoms with Crippen LogP contribution in [-0.4, -0.2) is 16.9 Å². The minimum atomic E-state index is -1.44. The van der Waals surface area contributed by atoms with Crippen LogP contribution >= 0.6 is 27.3 Å². The molecule has 0 saturated carbocycles. The number of hydrogen-bond donors (Lipinski definition) is 1. The van der Waals surface area contributed by atoms with Crippen LogP contribution in [-0.2, 0) is 9.59 Å². The molecule has 0 aliphatic rings. The molecule has 3 nitrogen and oxygen atoms in total. The first-order valence-corrected chi connectivity index (χ1v) is 5.33. The quantitative estimate of drug-likeness (QED) is 0.681. The van der Waals surface area contributed by atoms with Crippen molar-refractivity contribution < 1.29 is 14.7 Å². The molecule has 1 N–H and O–H groups in total. The monoisotopic (exact) mass is 274 g/mol. The smallest absolute Gasteiger partial charge is 0.376 e. The number of carbonyl (C=O) groups excluding carboxylic acids is 1. The Morgan fingerprint density at radius 3 is 2.64 bits per heavy atom. The van der Waals surface area contributed by atoms with Crippen molar-refractivity contribution in [1.82, 2.24) is 0 Å². The van der Waals surface area contributed by atoms with Gasteiger partial charge < -0.3 is 5.11 Å². The number of carboxylic acid groups (broad SMARTS) is 1. The molecule has 0 aliphatic carbocycles. The van der Waals surface area contributed by atoms with Gasteiger partial charge in [-0.25, -0.2) is 4.79 Å². The van der Waals surface area contributed by atoms with Crippen molar-refractivity contribution >= 4 is 45.1 Å². The van der Waals surface area contributed by atoms with Crippen LogP contribution in [0, 0.1) is 6.92 Å². The van der Waals surface area contributed by atoms with Crippen LogP contribution in [0.25, 0.3) is 6.08 Å². The van der Waals surface area contributed by atoms with Gasteiger partial charge in [0, 0.05) is 14.2 Å². The van der Waals surface area contributed by atoms with E-state index in [2.05, 4.69) is 15.9 Å². The zero-order valence-electron chi connectivity index (χ0n) is 7.28. The number of ketones is 1. The van der Waals surface area contributed by atoms with E-state index >= 15 is 0 Å². The zero-order chi connectivity index (χ0) is 10.7. The number of hydrogen-bond acceptors (Lipinski definition) is 3. The third kappa shape index (κ3) is 2.78. The van der Waals surface area contributed by atoms with Crippen molar-refractivity contribution in [2.24, 2.45) is 0 Å². The van der Waals surface area contributed by atoms with E-state index in [1.54, 1.807) is 0 Å². The van der Waals surface area contributed by atoms with Gasteiger partial charge in [0.2, 0.25) is 0 Å². The topological polar surface area (TPSA) is 54.4 Å². The summed E-state index contributed by atoms with van der Waals surface area (Å²) in [6, 6.07) is 1.84. The van der Waals surface area contributed by atoms with Crippen LogP contribution in [0.4, 0.5) is 0 Å². The highest BCUT2D eigenvalue weighted by molar-refractivity contribution is 9.10. The second-order valence-corrected chi connectivity index (χ2v) is 4.70. The van der Waals surface area contributed by atoms with Gasteiger partial charge in [0.05, 0.1) is 0 Å². The Hall–Kier alpha value is -0.940. The average molecular weight is 275 g/mol. The fraction of sp³-hybridized carbons (Fsp3) is 0.111. The van der Waals surface area contributed by atoms with Crippen molar-refractivity contribution in [3.63, 3.8) is 0 Å². The van der Waals surface area contributed by atoms with Crippen molar-refractivity contribution in [1.29, 1.82) is 0 Å². The molecule has 0 bridgehead atoms. The van der Waals surface area contributed by atoms with Gasteiger partial charge in [-0.2, -0.15) is 0 Å². The molecule has 74 valence electrons. The largest absolute Gasteiger partial charge is 0.475 e. The summed E-state index contributed by atoms with van der Waals surface area (Å²) in [6.07, 6.45) is 2.55. The first kappa shape index (κ1) is 11.1. The summed E-state index contributed by atoms with van der Waals surface area (Å²) >= 11 is 4.82. The van der Waals surface area contributed by atoms with Gasteiger partial charge in [-0.15, -0.1) is 11.3 Å².